The van der Waals surface area contributed by atoms with Crippen LogP contribution in [0.4, 0.5) is 11.4 Å². The molecule has 1 saturated carbocycles. The lowest BCUT2D eigenvalue weighted by atomic mass is 9.85. The van der Waals surface area contributed by atoms with Crippen molar-refractivity contribution in [2.75, 3.05) is 12.4 Å². The third-order valence-electron chi connectivity index (χ3n) is 4.01. The second-order valence-electron chi connectivity index (χ2n) is 5.40. The van der Waals surface area contributed by atoms with Gasteiger partial charge in [0.05, 0.1) is 17.1 Å². The van der Waals surface area contributed by atoms with E-state index in [1.807, 2.05) is 6.07 Å². The molecule has 5 nitrogen and oxygen atoms in total. The topological polar surface area (TPSA) is 64.4 Å². The van der Waals surface area contributed by atoms with Gasteiger partial charge in [-0.3, -0.25) is 10.1 Å². The van der Waals surface area contributed by atoms with Gasteiger partial charge in [0.15, 0.2) is 0 Å². The Balaban J connectivity index is 2.11. The van der Waals surface area contributed by atoms with Gasteiger partial charge in [0.2, 0.25) is 0 Å². The highest BCUT2D eigenvalue weighted by molar-refractivity contribution is 5.56. The van der Waals surface area contributed by atoms with Crippen LogP contribution in [0, 0.1) is 16.0 Å². The van der Waals surface area contributed by atoms with Crippen molar-refractivity contribution in [1.29, 1.82) is 0 Å². The van der Waals surface area contributed by atoms with Crippen LogP contribution in [0.15, 0.2) is 18.2 Å². The monoisotopic (exact) mass is 278 g/mol. The number of benzene rings is 1. The van der Waals surface area contributed by atoms with Gasteiger partial charge in [0.1, 0.15) is 5.75 Å². The van der Waals surface area contributed by atoms with E-state index in [1.54, 1.807) is 7.05 Å². The van der Waals surface area contributed by atoms with Crippen LogP contribution in [0.1, 0.15) is 39.0 Å². The second-order valence-corrected chi connectivity index (χ2v) is 5.40. The third-order valence-corrected chi connectivity index (χ3v) is 4.01. The molecule has 1 aliphatic carbocycles. The minimum absolute atomic E-state index is 0.0645. The van der Waals surface area contributed by atoms with Crippen LogP contribution < -0.4 is 10.1 Å². The third kappa shape index (κ3) is 3.62. The number of nitro benzene ring substituents is 1. The van der Waals surface area contributed by atoms with Crippen molar-refractivity contribution in [2.24, 2.45) is 5.92 Å². The van der Waals surface area contributed by atoms with Crippen molar-refractivity contribution < 1.29 is 9.66 Å². The molecule has 1 aliphatic rings. The number of rotatable bonds is 5. The summed E-state index contributed by atoms with van der Waals surface area (Å²) in [5, 5.41) is 13.9. The molecule has 5 heteroatoms. The van der Waals surface area contributed by atoms with E-state index in [-0.39, 0.29) is 16.7 Å². The zero-order valence-corrected chi connectivity index (χ0v) is 12.1. The van der Waals surface area contributed by atoms with Crippen molar-refractivity contribution in [3.8, 4) is 5.75 Å². The zero-order valence-electron chi connectivity index (χ0n) is 12.1. The molecule has 0 spiro atoms. The van der Waals surface area contributed by atoms with E-state index >= 15 is 0 Å². The van der Waals surface area contributed by atoms with Crippen LogP contribution in [0.25, 0.3) is 0 Å². The minimum atomic E-state index is -0.385. The summed E-state index contributed by atoms with van der Waals surface area (Å²) in [6, 6.07) is 4.85. The van der Waals surface area contributed by atoms with Crippen molar-refractivity contribution in [3.05, 3.63) is 28.3 Å². The number of hydrogen-bond donors (Lipinski definition) is 1. The van der Waals surface area contributed by atoms with Crippen LogP contribution >= 0.6 is 0 Å². The summed E-state index contributed by atoms with van der Waals surface area (Å²) in [5.41, 5.74) is 0.770. The molecule has 0 amide bonds. The van der Waals surface area contributed by atoms with E-state index in [2.05, 4.69) is 12.2 Å². The highest BCUT2D eigenvalue weighted by Crippen LogP contribution is 2.32. The van der Waals surface area contributed by atoms with Crippen LogP contribution in [0.5, 0.6) is 5.75 Å². The Hall–Kier alpha value is -1.78. The number of nitrogens with one attached hydrogen (secondary N) is 1. The maximum atomic E-state index is 10.9. The molecule has 0 radical (unpaired) electrons. The highest BCUT2D eigenvalue weighted by atomic mass is 16.6. The quantitative estimate of drug-likeness (QED) is 0.653. The number of non-ortho nitro benzene ring substituents is 1. The fourth-order valence-corrected chi connectivity index (χ4v) is 2.81. The fourth-order valence-electron chi connectivity index (χ4n) is 2.81. The first-order valence-corrected chi connectivity index (χ1v) is 7.26. The molecule has 1 fully saturated rings. The molecule has 20 heavy (non-hydrogen) atoms. The van der Waals surface area contributed by atoms with E-state index in [4.69, 9.17) is 4.74 Å². The first-order chi connectivity index (χ1) is 9.62. The van der Waals surface area contributed by atoms with E-state index in [0.29, 0.717) is 11.4 Å². The van der Waals surface area contributed by atoms with Crippen molar-refractivity contribution in [1.82, 2.24) is 0 Å². The number of nitrogens with zero attached hydrogens (tertiary/aromatic N) is 1. The van der Waals surface area contributed by atoms with Gasteiger partial charge in [-0.2, -0.15) is 0 Å². The van der Waals surface area contributed by atoms with Gasteiger partial charge in [0.25, 0.3) is 5.69 Å². The molecule has 1 N–H and O–H groups in total. The van der Waals surface area contributed by atoms with Gasteiger partial charge in [-0.25, -0.2) is 0 Å². The summed E-state index contributed by atoms with van der Waals surface area (Å²) in [6.45, 7) is 2.21. The Bertz CT molecular complexity index is 476. The molecule has 2 rings (SSSR count). The predicted octanol–water partition coefficient (Wildman–Crippen LogP) is 3.98. The molecule has 1 aromatic carbocycles. The molecule has 0 aromatic heterocycles. The molecular formula is C15H22N2O3. The van der Waals surface area contributed by atoms with Gasteiger partial charge < -0.3 is 10.1 Å². The van der Waals surface area contributed by atoms with Gasteiger partial charge in [-0.05, 0) is 25.2 Å². The molecule has 0 bridgehead atoms. The van der Waals surface area contributed by atoms with Crippen LogP contribution in [-0.4, -0.2) is 18.1 Å². The highest BCUT2D eigenvalue weighted by Gasteiger charge is 2.22. The van der Waals surface area contributed by atoms with Gasteiger partial charge >= 0.3 is 0 Å². The lowest BCUT2D eigenvalue weighted by Crippen LogP contribution is -2.25. The summed E-state index contributed by atoms with van der Waals surface area (Å²) >= 11 is 0. The van der Waals surface area contributed by atoms with E-state index in [1.165, 1.54) is 31.4 Å². The van der Waals surface area contributed by atoms with Crippen molar-refractivity contribution in [3.63, 3.8) is 0 Å². The number of anilines is 1. The Morgan fingerprint density at radius 1 is 1.40 bits per heavy atom. The van der Waals surface area contributed by atoms with E-state index in [0.717, 1.165) is 18.8 Å². The second kappa shape index (κ2) is 6.59. The fraction of sp³-hybridized carbons (Fsp3) is 0.600. The molecular weight excluding hydrogens is 256 g/mol. The smallest absolute Gasteiger partial charge is 0.275 e. The number of ether oxygens (including phenoxy) is 1. The van der Waals surface area contributed by atoms with Crippen LogP contribution in [0.3, 0.4) is 0 Å². The van der Waals surface area contributed by atoms with E-state index < -0.39 is 0 Å². The largest absolute Gasteiger partial charge is 0.490 e. The molecule has 0 heterocycles. The molecule has 110 valence electrons. The normalized spacial score (nSPS) is 22.3. The van der Waals surface area contributed by atoms with E-state index in [9.17, 15) is 10.1 Å². The average Bonchev–Trinajstić information content (AvgIpc) is 2.47. The molecule has 2 unspecified atom stereocenters. The van der Waals surface area contributed by atoms with Crippen LogP contribution in [-0.2, 0) is 0 Å². The van der Waals surface area contributed by atoms with Crippen molar-refractivity contribution >= 4 is 11.4 Å². The maximum absolute atomic E-state index is 10.9. The van der Waals surface area contributed by atoms with Gasteiger partial charge in [0, 0.05) is 24.9 Å². The lowest BCUT2D eigenvalue weighted by molar-refractivity contribution is -0.384. The molecule has 0 aliphatic heterocycles. The minimum Gasteiger partial charge on any atom is -0.490 e. The Morgan fingerprint density at radius 3 is 2.85 bits per heavy atom. The first kappa shape index (κ1) is 14.6. The average molecular weight is 278 g/mol. The Labute approximate surface area is 119 Å². The summed E-state index contributed by atoms with van der Waals surface area (Å²) in [5.74, 6) is 1.31. The van der Waals surface area contributed by atoms with Gasteiger partial charge in [-0.15, -0.1) is 0 Å². The standard InChI is InChI=1S/C15H22N2O3/c1-3-11-5-4-6-14(7-11)20-15-9-12(16-2)8-13(10-15)17(18)19/h8-11,14,16H,3-7H2,1-2H3. The Kier molecular flexibility index (Phi) is 4.82. The zero-order chi connectivity index (χ0) is 14.5. The molecule has 0 saturated heterocycles. The summed E-state index contributed by atoms with van der Waals surface area (Å²) < 4.78 is 5.98. The number of hydrogen-bond acceptors (Lipinski definition) is 4. The van der Waals surface area contributed by atoms with Crippen LogP contribution in [0.2, 0.25) is 0 Å². The van der Waals surface area contributed by atoms with Crippen molar-refractivity contribution in [2.45, 2.75) is 45.1 Å². The predicted molar refractivity (Wildman–Crippen MR) is 79.3 cm³/mol. The maximum Gasteiger partial charge on any atom is 0.275 e. The van der Waals surface area contributed by atoms with Gasteiger partial charge in [-0.1, -0.05) is 19.8 Å². The SMILES string of the molecule is CCC1CCCC(Oc2cc(NC)cc([N+](=O)[O-])c2)C1. The summed E-state index contributed by atoms with van der Waals surface area (Å²) in [4.78, 5) is 10.5. The summed E-state index contributed by atoms with van der Waals surface area (Å²) in [7, 11) is 1.75. The molecule has 2 atom stereocenters. The number of nitro groups is 1. The first-order valence-electron chi connectivity index (χ1n) is 7.26. The lowest BCUT2D eigenvalue weighted by Gasteiger charge is -2.29. The molecule has 1 aromatic rings. The summed E-state index contributed by atoms with van der Waals surface area (Å²) in [6.07, 6.45) is 5.89. The Morgan fingerprint density at radius 2 is 2.20 bits per heavy atom.